The van der Waals surface area contributed by atoms with Gasteiger partial charge in [-0.25, -0.2) is 0 Å². The molecule has 1 aromatic heterocycles. The fourth-order valence-electron chi connectivity index (χ4n) is 1.31. The summed E-state index contributed by atoms with van der Waals surface area (Å²) in [5.74, 6) is 0.249. The Morgan fingerprint density at radius 1 is 1.59 bits per heavy atom. The predicted octanol–water partition coefficient (Wildman–Crippen LogP) is 0.729. The first-order valence-corrected chi connectivity index (χ1v) is 5.51. The van der Waals surface area contributed by atoms with E-state index in [1.165, 1.54) is 0 Å². The van der Waals surface area contributed by atoms with Gasteiger partial charge in [-0.15, -0.1) is 0 Å². The number of oxime groups is 1. The molecular weight excluding hydrogens is 218 g/mol. The lowest BCUT2D eigenvalue weighted by Gasteiger charge is -2.22. The summed E-state index contributed by atoms with van der Waals surface area (Å²) in [4.78, 5) is 0. The highest BCUT2D eigenvalue weighted by Crippen LogP contribution is 2.19. The zero-order valence-electron chi connectivity index (χ0n) is 10.2. The van der Waals surface area contributed by atoms with Crippen LogP contribution in [0.25, 0.3) is 0 Å². The summed E-state index contributed by atoms with van der Waals surface area (Å²) in [6, 6.07) is 3.76. The van der Waals surface area contributed by atoms with Crippen molar-refractivity contribution in [3.8, 4) is 0 Å². The Morgan fingerprint density at radius 2 is 2.35 bits per heavy atom. The van der Waals surface area contributed by atoms with E-state index < -0.39 is 0 Å². The minimum absolute atomic E-state index is 0.249. The van der Waals surface area contributed by atoms with Gasteiger partial charge < -0.3 is 16.3 Å². The predicted molar refractivity (Wildman–Crippen MR) is 65.5 cm³/mol. The summed E-state index contributed by atoms with van der Waals surface area (Å²) in [6.07, 6.45) is 2.42. The Balaban J connectivity index is 2.29. The van der Waals surface area contributed by atoms with Crippen LogP contribution in [-0.2, 0) is 6.54 Å². The second kappa shape index (κ2) is 6.15. The van der Waals surface area contributed by atoms with Crippen LogP contribution in [0.2, 0.25) is 0 Å². The number of aromatic nitrogens is 2. The molecule has 0 fully saturated rings. The van der Waals surface area contributed by atoms with Crippen molar-refractivity contribution in [3.05, 3.63) is 24.0 Å². The Bertz CT molecular complexity index is 363. The third-order valence-corrected chi connectivity index (χ3v) is 2.66. The molecule has 6 nitrogen and oxygen atoms in total. The molecule has 0 spiro atoms. The molecule has 0 aromatic carbocycles. The van der Waals surface area contributed by atoms with Crippen molar-refractivity contribution in [1.29, 1.82) is 0 Å². The molecule has 0 aliphatic heterocycles. The van der Waals surface area contributed by atoms with E-state index in [9.17, 15) is 0 Å². The van der Waals surface area contributed by atoms with Gasteiger partial charge in [0.25, 0.3) is 0 Å². The monoisotopic (exact) mass is 237 g/mol. The van der Waals surface area contributed by atoms with Crippen LogP contribution in [0, 0.1) is 5.41 Å². The smallest absolute Gasteiger partial charge is 0.144 e. The van der Waals surface area contributed by atoms with Crippen LogP contribution in [0.5, 0.6) is 0 Å². The molecule has 6 heteroatoms. The van der Waals surface area contributed by atoms with Crippen LogP contribution >= 0.6 is 0 Å². The second-order valence-corrected chi connectivity index (χ2v) is 4.51. The first-order valence-electron chi connectivity index (χ1n) is 5.51. The van der Waals surface area contributed by atoms with E-state index >= 15 is 0 Å². The molecule has 0 atom stereocenters. The largest absolute Gasteiger partial charge is 0.409 e. The Labute approximate surface area is 101 Å². The molecule has 0 saturated carbocycles. The van der Waals surface area contributed by atoms with Crippen molar-refractivity contribution in [2.75, 3.05) is 6.54 Å². The van der Waals surface area contributed by atoms with Gasteiger partial charge in [-0.2, -0.15) is 10.2 Å². The quantitative estimate of drug-likeness (QED) is 0.223. The summed E-state index contributed by atoms with van der Waals surface area (Å²) < 4.78 is 0. The number of nitrogens with two attached hydrogens (primary N) is 1. The van der Waals surface area contributed by atoms with Gasteiger partial charge in [-0.1, -0.05) is 19.0 Å². The van der Waals surface area contributed by atoms with Gasteiger partial charge >= 0.3 is 0 Å². The Kier molecular flexibility index (Phi) is 4.84. The molecule has 0 amide bonds. The molecule has 0 bridgehead atoms. The summed E-state index contributed by atoms with van der Waals surface area (Å²) in [5, 5.41) is 22.7. The fourth-order valence-corrected chi connectivity index (χ4v) is 1.31. The maximum Gasteiger partial charge on any atom is 0.144 e. The Hall–Kier alpha value is -1.69. The SMILES string of the molecule is CC(C)(CCNCc1cccnn1)/C(N)=N/O. The maximum absolute atomic E-state index is 8.63. The number of amidine groups is 1. The molecule has 1 rings (SSSR count). The minimum Gasteiger partial charge on any atom is -0.409 e. The molecule has 0 aliphatic rings. The van der Waals surface area contributed by atoms with Gasteiger partial charge in [0.05, 0.1) is 5.69 Å². The van der Waals surface area contributed by atoms with Gasteiger partial charge in [-0.3, -0.25) is 0 Å². The lowest BCUT2D eigenvalue weighted by molar-refractivity contribution is 0.305. The molecule has 0 saturated heterocycles. The van der Waals surface area contributed by atoms with E-state index in [1.54, 1.807) is 6.20 Å². The van der Waals surface area contributed by atoms with Crippen molar-refractivity contribution < 1.29 is 5.21 Å². The molecule has 0 aliphatic carbocycles. The van der Waals surface area contributed by atoms with Crippen molar-refractivity contribution in [3.63, 3.8) is 0 Å². The Morgan fingerprint density at radius 3 is 2.94 bits per heavy atom. The average molecular weight is 237 g/mol. The van der Waals surface area contributed by atoms with E-state index in [0.717, 1.165) is 18.7 Å². The van der Waals surface area contributed by atoms with Crippen molar-refractivity contribution in [1.82, 2.24) is 15.5 Å². The summed E-state index contributed by atoms with van der Waals surface area (Å²) in [7, 11) is 0. The van der Waals surface area contributed by atoms with E-state index in [4.69, 9.17) is 10.9 Å². The standard InChI is InChI=1S/C11H19N5O/c1-11(2,10(12)16-17)5-7-13-8-9-4-3-6-14-15-9/h3-4,6,13,17H,5,7-8H2,1-2H3,(H2,12,16). The van der Waals surface area contributed by atoms with Gasteiger partial charge in [0, 0.05) is 18.2 Å². The second-order valence-electron chi connectivity index (χ2n) is 4.51. The molecule has 4 N–H and O–H groups in total. The minimum atomic E-state index is -0.315. The number of hydrogen-bond acceptors (Lipinski definition) is 5. The summed E-state index contributed by atoms with van der Waals surface area (Å²) in [6.45, 7) is 5.30. The van der Waals surface area contributed by atoms with Crippen LogP contribution in [-0.4, -0.2) is 27.8 Å². The third-order valence-electron chi connectivity index (χ3n) is 2.66. The first-order chi connectivity index (χ1) is 8.06. The van der Waals surface area contributed by atoms with Gasteiger partial charge in [0.2, 0.25) is 0 Å². The normalized spacial score (nSPS) is 12.7. The zero-order chi connectivity index (χ0) is 12.7. The summed E-state index contributed by atoms with van der Waals surface area (Å²) in [5.41, 5.74) is 6.18. The van der Waals surface area contributed by atoms with Crippen molar-refractivity contribution >= 4 is 5.84 Å². The first kappa shape index (κ1) is 13.4. The third kappa shape index (κ3) is 4.36. The molecule has 1 heterocycles. The number of nitrogens with one attached hydrogen (secondary N) is 1. The van der Waals surface area contributed by atoms with Crippen LogP contribution in [0.3, 0.4) is 0 Å². The molecule has 1 aromatic rings. The highest BCUT2D eigenvalue weighted by atomic mass is 16.4. The zero-order valence-corrected chi connectivity index (χ0v) is 10.2. The average Bonchev–Trinajstić information content (AvgIpc) is 2.35. The van der Waals surface area contributed by atoms with Crippen LogP contribution in [0.1, 0.15) is 26.0 Å². The molecule has 17 heavy (non-hydrogen) atoms. The number of hydrogen-bond donors (Lipinski definition) is 3. The highest BCUT2D eigenvalue weighted by Gasteiger charge is 2.22. The molecule has 94 valence electrons. The van der Waals surface area contributed by atoms with Crippen molar-refractivity contribution in [2.45, 2.75) is 26.8 Å². The molecular formula is C11H19N5O. The highest BCUT2D eigenvalue weighted by molar-refractivity contribution is 5.85. The topological polar surface area (TPSA) is 96.4 Å². The van der Waals surface area contributed by atoms with E-state index in [2.05, 4.69) is 20.7 Å². The lowest BCUT2D eigenvalue weighted by atomic mass is 9.88. The summed E-state index contributed by atoms with van der Waals surface area (Å²) >= 11 is 0. The molecule has 0 unspecified atom stereocenters. The van der Waals surface area contributed by atoms with Crippen molar-refractivity contribution in [2.24, 2.45) is 16.3 Å². The van der Waals surface area contributed by atoms with Crippen LogP contribution < -0.4 is 11.1 Å². The van der Waals surface area contributed by atoms with Gasteiger partial charge in [0.1, 0.15) is 5.84 Å². The van der Waals surface area contributed by atoms with Gasteiger partial charge in [-0.05, 0) is 25.1 Å². The van der Waals surface area contributed by atoms with Gasteiger partial charge in [0.15, 0.2) is 0 Å². The fraction of sp³-hybridized carbons (Fsp3) is 0.545. The number of rotatable bonds is 6. The van der Waals surface area contributed by atoms with E-state index in [-0.39, 0.29) is 11.3 Å². The molecule has 0 radical (unpaired) electrons. The van der Waals surface area contributed by atoms with Crippen LogP contribution in [0.15, 0.2) is 23.5 Å². The number of nitrogens with zero attached hydrogens (tertiary/aromatic N) is 3. The van der Waals surface area contributed by atoms with E-state index in [0.29, 0.717) is 6.54 Å². The maximum atomic E-state index is 8.63. The lowest BCUT2D eigenvalue weighted by Crippen LogP contribution is -2.34. The van der Waals surface area contributed by atoms with Crippen LogP contribution in [0.4, 0.5) is 0 Å². The van der Waals surface area contributed by atoms with E-state index in [1.807, 2.05) is 26.0 Å².